The van der Waals surface area contributed by atoms with Crippen molar-refractivity contribution in [1.29, 1.82) is 0 Å². The molecule has 0 radical (unpaired) electrons. The summed E-state index contributed by atoms with van der Waals surface area (Å²) in [5, 5.41) is 0. The topological polar surface area (TPSA) is 59.1 Å². The largest absolute Gasteiger partial charge is 0.484 e. The van der Waals surface area contributed by atoms with Crippen LogP contribution in [0.1, 0.15) is 11.1 Å². The third kappa shape index (κ3) is 4.05. The first-order chi connectivity index (χ1) is 12.9. The lowest BCUT2D eigenvalue weighted by Gasteiger charge is -2.35. The normalized spacial score (nSPS) is 15.6. The van der Waals surface area contributed by atoms with Gasteiger partial charge in [-0.2, -0.15) is 0 Å². The zero-order valence-electron chi connectivity index (χ0n) is 16.1. The molecule has 2 amide bonds. The van der Waals surface area contributed by atoms with Crippen LogP contribution in [0, 0.1) is 13.8 Å². The summed E-state index contributed by atoms with van der Waals surface area (Å²) in [4.78, 5) is 28.2. The first kappa shape index (κ1) is 18.8. The SMILES string of the molecule is Cc1ccc(OCC(=O)N2C[C@@H](C(=O)N(C)C)Oc3ccccc32)cc1C. The Kier molecular flexibility index (Phi) is 5.35. The van der Waals surface area contributed by atoms with Gasteiger partial charge in [0.2, 0.25) is 0 Å². The Morgan fingerprint density at radius 2 is 1.89 bits per heavy atom. The summed E-state index contributed by atoms with van der Waals surface area (Å²) in [7, 11) is 3.34. The minimum absolute atomic E-state index is 0.111. The second-order valence-electron chi connectivity index (χ2n) is 6.85. The number of carbonyl (C=O) groups is 2. The fraction of sp³-hybridized carbons (Fsp3) is 0.333. The molecule has 0 saturated heterocycles. The molecule has 2 aromatic carbocycles. The van der Waals surface area contributed by atoms with Gasteiger partial charge in [0, 0.05) is 14.1 Å². The molecule has 6 nitrogen and oxygen atoms in total. The van der Waals surface area contributed by atoms with Crippen molar-refractivity contribution in [2.75, 3.05) is 32.1 Å². The molecule has 0 fully saturated rings. The average molecular weight is 368 g/mol. The summed E-state index contributed by atoms with van der Waals surface area (Å²) < 4.78 is 11.5. The van der Waals surface area contributed by atoms with Gasteiger partial charge in [0.1, 0.15) is 11.5 Å². The van der Waals surface area contributed by atoms with Gasteiger partial charge in [-0.25, -0.2) is 0 Å². The number of ether oxygens (including phenoxy) is 2. The fourth-order valence-corrected chi connectivity index (χ4v) is 2.91. The van der Waals surface area contributed by atoms with E-state index in [4.69, 9.17) is 9.47 Å². The molecule has 3 rings (SSSR count). The van der Waals surface area contributed by atoms with Crippen molar-refractivity contribution < 1.29 is 19.1 Å². The number of amides is 2. The van der Waals surface area contributed by atoms with E-state index in [1.165, 1.54) is 10.5 Å². The van der Waals surface area contributed by atoms with Crippen LogP contribution in [-0.4, -0.2) is 50.1 Å². The Morgan fingerprint density at radius 1 is 1.15 bits per heavy atom. The first-order valence-electron chi connectivity index (χ1n) is 8.84. The third-order valence-electron chi connectivity index (χ3n) is 4.63. The van der Waals surface area contributed by atoms with Crippen LogP contribution in [0.3, 0.4) is 0 Å². The predicted molar refractivity (Wildman–Crippen MR) is 103 cm³/mol. The summed E-state index contributed by atoms with van der Waals surface area (Å²) in [5.74, 6) is 0.760. The van der Waals surface area contributed by atoms with Gasteiger partial charge >= 0.3 is 0 Å². The van der Waals surface area contributed by atoms with Crippen LogP contribution in [-0.2, 0) is 9.59 Å². The van der Waals surface area contributed by atoms with Crippen molar-refractivity contribution in [3.05, 3.63) is 53.6 Å². The molecule has 0 unspecified atom stereocenters. The second-order valence-corrected chi connectivity index (χ2v) is 6.85. The minimum atomic E-state index is -0.736. The zero-order valence-corrected chi connectivity index (χ0v) is 16.1. The highest BCUT2D eigenvalue weighted by Gasteiger charge is 2.34. The summed E-state index contributed by atoms with van der Waals surface area (Å²) in [6.45, 7) is 4.07. The van der Waals surface area contributed by atoms with Gasteiger partial charge < -0.3 is 19.3 Å². The van der Waals surface area contributed by atoms with Crippen LogP contribution in [0.4, 0.5) is 5.69 Å². The molecule has 1 heterocycles. The van der Waals surface area contributed by atoms with Gasteiger partial charge in [0.15, 0.2) is 12.7 Å². The van der Waals surface area contributed by atoms with Crippen LogP contribution in [0.5, 0.6) is 11.5 Å². The Morgan fingerprint density at radius 3 is 2.59 bits per heavy atom. The van der Waals surface area contributed by atoms with E-state index in [9.17, 15) is 9.59 Å². The Bertz CT molecular complexity index is 863. The van der Waals surface area contributed by atoms with Gasteiger partial charge in [-0.05, 0) is 49.2 Å². The zero-order chi connectivity index (χ0) is 19.6. The van der Waals surface area contributed by atoms with Gasteiger partial charge in [-0.3, -0.25) is 9.59 Å². The van der Waals surface area contributed by atoms with Gasteiger partial charge in [0.05, 0.1) is 12.2 Å². The number of carbonyl (C=O) groups excluding carboxylic acids is 2. The summed E-state index contributed by atoms with van der Waals surface area (Å²) in [6, 6.07) is 12.9. The van der Waals surface area contributed by atoms with Crippen LogP contribution < -0.4 is 14.4 Å². The quantitative estimate of drug-likeness (QED) is 0.832. The highest BCUT2D eigenvalue weighted by atomic mass is 16.5. The van der Waals surface area contributed by atoms with E-state index in [-0.39, 0.29) is 25.0 Å². The molecule has 142 valence electrons. The Labute approximate surface area is 159 Å². The van der Waals surface area contributed by atoms with Crippen molar-refractivity contribution in [3.63, 3.8) is 0 Å². The Hall–Kier alpha value is -3.02. The van der Waals surface area contributed by atoms with E-state index in [0.717, 1.165) is 5.56 Å². The molecule has 2 aromatic rings. The van der Waals surface area contributed by atoms with E-state index in [1.54, 1.807) is 31.1 Å². The smallest absolute Gasteiger partial charge is 0.265 e. The van der Waals surface area contributed by atoms with Crippen molar-refractivity contribution in [1.82, 2.24) is 4.90 Å². The summed E-state index contributed by atoms with van der Waals surface area (Å²) in [5.41, 5.74) is 2.92. The molecule has 1 aliphatic rings. The minimum Gasteiger partial charge on any atom is -0.484 e. The van der Waals surface area contributed by atoms with E-state index in [2.05, 4.69) is 0 Å². The molecule has 0 aliphatic carbocycles. The highest BCUT2D eigenvalue weighted by molar-refractivity contribution is 5.98. The maximum Gasteiger partial charge on any atom is 0.265 e. The Balaban J connectivity index is 1.77. The van der Waals surface area contributed by atoms with Gasteiger partial charge in [-0.15, -0.1) is 0 Å². The van der Waals surface area contributed by atoms with E-state index in [1.807, 2.05) is 44.2 Å². The standard InChI is InChI=1S/C21H24N2O4/c1-14-9-10-16(11-15(14)2)26-13-20(24)23-12-19(21(25)22(3)4)27-18-8-6-5-7-17(18)23/h5-11,19H,12-13H2,1-4H3/t19-/m0/s1. The van der Waals surface area contributed by atoms with Gasteiger partial charge in [-0.1, -0.05) is 18.2 Å². The van der Waals surface area contributed by atoms with Crippen molar-refractivity contribution in [2.45, 2.75) is 20.0 Å². The number of benzene rings is 2. The van der Waals surface area contributed by atoms with Crippen LogP contribution in [0.25, 0.3) is 0 Å². The van der Waals surface area contributed by atoms with Crippen LogP contribution in [0.15, 0.2) is 42.5 Å². The third-order valence-corrected chi connectivity index (χ3v) is 4.63. The lowest BCUT2D eigenvalue weighted by molar-refractivity contribution is -0.136. The molecule has 0 spiro atoms. The number of rotatable bonds is 4. The predicted octanol–water partition coefficient (Wildman–Crippen LogP) is 2.56. The number of aryl methyl sites for hydroxylation is 2. The van der Waals surface area contributed by atoms with Crippen molar-refractivity contribution in [3.8, 4) is 11.5 Å². The number of likely N-dealkylation sites (N-methyl/N-ethyl adjacent to an activating group) is 1. The second kappa shape index (κ2) is 7.70. The number of hydrogen-bond acceptors (Lipinski definition) is 4. The molecule has 1 atom stereocenters. The maximum absolute atomic E-state index is 12.8. The summed E-state index contributed by atoms with van der Waals surface area (Å²) in [6.07, 6.45) is -0.736. The van der Waals surface area contributed by atoms with Crippen molar-refractivity contribution in [2.24, 2.45) is 0 Å². The van der Waals surface area contributed by atoms with Crippen LogP contribution in [0.2, 0.25) is 0 Å². The van der Waals surface area contributed by atoms with Gasteiger partial charge in [0.25, 0.3) is 11.8 Å². The molecular formula is C21H24N2O4. The number of nitrogens with zero attached hydrogens (tertiary/aromatic N) is 2. The summed E-state index contributed by atoms with van der Waals surface area (Å²) >= 11 is 0. The molecule has 0 aromatic heterocycles. The van der Waals surface area contributed by atoms with E-state index >= 15 is 0 Å². The van der Waals surface area contributed by atoms with Crippen molar-refractivity contribution >= 4 is 17.5 Å². The molecule has 6 heteroatoms. The van der Waals surface area contributed by atoms with E-state index in [0.29, 0.717) is 17.2 Å². The number of anilines is 1. The number of para-hydroxylation sites is 2. The molecule has 0 N–H and O–H groups in total. The molecule has 1 aliphatic heterocycles. The molecular weight excluding hydrogens is 344 g/mol. The number of fused-ring (bicyclic) bond motifs is 1. The van der Waals surface area contributed by atoms with Crippen LogP contribution >= 0.6 is 0 Å². The highest BCUT2D eigenvalue weighted by Crippen LogP contribution is 2.33. The lowest BCUT2D eigenvalue weighted by Crippen LogP contribution is -2.51. The lowest BCUT2D eigenvalue weighted by atomic mass is 10.1. The monoisotopic (exact) mass is 368 g/mol. The molecule has 27 heavy (non-hydrogen) atoms. The number of hydrogen-bond donors (Lipinski definition) is 0. The molecule has 0 saturated carbocycles. The first-order valence-corrected chi connectivity index (χ1v) is 8.84. The average Bonchev–Trinajstić information content (AvgIpc) is 2.67. The maximum atomic E-state index is 12.8. The fourth-order valence-electron chi connectivity index (χ4n) is 2.91. The molecule has 0 bridgehead atoms. The van der Waals surface area contributed by atoms with E-state index < -0.39 is 6.10 Å².